The van der Waals surface area contributed by atoms with Crippen molar-refractivity contribution in [3.63, 3.8) is 0 Å². The number of nitrogens with two attached hydrogens (primary N) is 1. The molecule has 1 saturated carbocycles. The summed E-state index contributed by atoms with van der Waals surface area (Å²) in [6.45, 7) is 2.44. The summed E-state index contributed by atoms with van der Waals surface area (Å²) in [7, 11) is 0. The molecule has 2 aromatic rings. The van der Waals surface area contributed by atoms with Gasteiger partial charge in [-0.2, -0.15) is 4.98 Å². The SMILES string of the molecule is CCC(O)[C@@H]1C[C@@H](O)[C@H](n2c(=O)n(CC3CC3)c3cnc(N)nc32)O1. The Bertz CT molecular complexity index is 843. The number of rotatable bonds is 5. The van der Waals surface area contributed by atoms with Gasteiger partial charge < -0.3 is 20.7 Å². The lowest BCUT2D eigenvalue weighted by Crippen LogP contribution is -2.32. The van der Waals surface area contributed by atoms with Gasteiger partial charge in [0, 0.05) is 13.0 Å². The van der Waals surface area contributed by atoms with Crippen LogP contribution in [0.5, 0.6) is 0 Å². The number of aliphatic hydroxyl groups is 2. The summed E-state index contributed by atoms with van der Waals surface area (Å²) >= 11 is 0. The second kappa shape index (κ2) is 6.08. The molecule has 4 rings (SSSR count). The number of anilines is 1. The van der Waals surface area contributed by atoms with E-state index in [1.54, 1.807) is 4.57 Å². The highest BCUT2D eigenvalue weighted by Gasteiger charge is 2.40. The summed E-state index contributed by atoms with van der Waals surface area (Å²) in [6.07, 6.45) is 1.52. The zero-order chi connectivity index (χ0) is 17.7. The molecule has 0 radical (unpaired) electrons. The number of aromatic nitrogens is 4. The first-order valence-corrected chi connectivity index (χ1v) is 8.74. The van der Waals surface area contributed by atoms with Crippen molar-refractivity contribution in [2.45, 2.75) is 63.7 Å². The third-order valence-corrected chi connectivity index (χ3v) is 5.08. The molecule has 1 aliphatic carbocycles. The molecule has 25 heavy (non-hydrogen) atoms. The quantitative estimate of drug-likeness (QED) is 0.693. The molecule has 1 saturated heterocycles. The second-order valence-corrected chi connectivity index (χ2v) is 6.99. The maximum atomic E-state index is 13.0. The Morgan fingerprint density at radius 2 is 2.24 bits per heavy atom. The molecule has 2 aliphatic rings. The van der Waals surface area contributed by atoms with Crippen molar-refractivity contribution in [2.75, 3.05) is 5.73 Å². The van der Waals surface area contributed by atoms with E-state index in [0.29, 0.717) is 30.0 Å². The smallest absolute Gasteiger partial charge is 0.332 e. The van der Waals surface area contributed by atoms with E-state index in [1.165, 1.54) is 10.8 Å². The summed E-state index contributed by atoms with van der Waals surface area (Å²) in [6, 6.07) is 0. The van der Waals surface area contributed by atoms with Crippen molar-refractivity contribution in [2.24, 2.45) is 5.92 Å². The van der Waals surface area contributed by atoms with Crippen molar-refractivity contribution >= 4 is 17.1 Å². The fourth-order valence-corrected chi connectivity index (χ4v) is 3.46. The molecule has 4 atom stereocenters. The van der Waals surface area contributed by atoms with Crippen molar-refractivity contribution < 1.29 is 14.9 Å². The maximum Gasteiger partial charge on any atom is 0.332 e. The standard InChI is InChI=1S/C16H23N5O4/c1-2-10(22)12-5-11(23)14(25-12)21-13-9(6-18-15(17)19-13)20(16(21)24)7-8-3-4-8/h6,8,10-12,14,22-23H,2-5,7H2,1H3,(H2,17,18,19)/t10?,11-,12+,14-/m1/s1. The highest BCUT2D eigenvalue weighted by Crippen LogP contribution is 2.34. The molecule has 4 N–H and O–H groups in total. The molecule has 9 nitrogen and oxygen atoms in total. The number of aliphatic hydroxyl groups excluding tert-OH is 2. The molecule has 9 heteroatoms. The number of hydrogen-bond acceptors (Lipinski definition) is 7. The Morgan fingerprint density at radius 1 is 1.48 bits per heavy atom. The molecule has 1 aliphatic heterocycles. The van der Waals surface area contributed by atoms with E-state index in [2.05, 4.69) is 9.97 Å². The van der Waals surface area contributed by atoms with Gasteiger partial charge in [0.15, 0.2) is 11.9 Å². The van der Waals surface area contributed by atoms with Crippen LogP contribution in [0, 0.1) is 5.92 Å². The van der Waals surface area contributed by atoms with Gasteiger partial charge in [-0.05, 0) is 25.2 Å². The van der Waals surface area contributed by atoms with Gasteiger partial charge in [0.25, 0.3) is 0 Å². The lowest BCUT2D eigenvalue weighted by Gasteiger charge is -2.18. The van der Waals surface area contributed by atoms with Gasteiger partial charge in [-0.25, -0.2) is 14.3 Å². The van der Waals surface area contributed by atoms with Gasteiger partial charge in [-0.3, -0.25) is 4.57 Å². The Balaban J connectivity index is 1.79. The maximum absolute atomic E-state index is 13.0. The van der Waals surface area contributed by atoms with Gasteiger partial charge in [0.2, 0.25) is 5.95 Å². The third-order valence-electron chi connectivity index (χ3n) is 5.08. The van der Waals surface area contributed by atoms with Gasteiger partial charge in [-0.15, -0.1) is 0 Å². The summed E-state index contributed by atoms with van der Waals surface area (Å²) in [5, 5.41) is 20.5. The van der Waals surface area contributed by atoms with Crippen molar-refractivity contribution in [3.05, 3.63) is 16.7 Å². The predicted octanol–water partition coefficient (Wildman–Crippen LogP) is 0.00450. The number of hydrogen-bond donors (Lipinski definition) is 3. The highest BCUT2D eigenvalue weighted by atomic mass is 16.5. The average Bonchev–Trinajstić information content (AvgIpc) is 3.28. The minimum atomic E-state index is -0.903. The molecule has 1 unspecified atom stereocenters. The van der Waals surface area contributed by atoms with Crippen LogP contribution in [-0.4, -0.2) is 47.6 Å². The van der Waals surface area contributed by atoms with E-state index in [0.717, 1.165) is 12.8 Å². The highest BCUT2D eigenvalue weighted by molar-refractivity contribution is 5.72. The summed E-state index contributed by atoms with van der Waals surface area (Å²) in [4.78, 5) is 21.2. The second-order valence-electron chi connectivity index (χ2n) is 6.99. The first-order valence-electron chi connectivity index (χ1n) is 8.74. The van der Waals surface area contributed by atoms with E-state index in [4.69, 9.17) is 10.5 Å². The Hall–Kier alpha value is -1.97. The van der Waals surface area contributed by atoms with Gasteiger partial charge in [-0.1, -0.05) is 6.92 Å². The topological polar surface area (TPSA) is 128 Å². The molecular weight excluding hydrogens is 326 g/mol. The Labute approximate surface area is 144 Å². The molecule has 3 heterocycles. The fourth-order valence-electron chi connectivity index (χ4n) is 3.46. The number of imidazole rings is 1. The average molecular weight is 349 g/mol. The number of ether oxygens (including phenoxy) is 1. The number of nitrogens with zero attached hydrogens (tertiary/aromatic N) is 4. The first kappa shape index (κ1) is 16.5. The molecule has 2 fully saturated rings. The lowest BCUT2D eigenvalue weighted by molar-refractivity contribution is -0.0760. The van der Waals surface area contributed by atoms with Gasteiger partial charge in [0.05, 0.1) is 18.4 Å². The van der Waals surface area contributed by atoms with Crippen LogP contribution in [0.2, 0.25) is 0 Å². The van der Waals surface area contributed by atoms with Crippen molar-refractivity contribution in [1.29, 1.82) is 0 Å². The zero-order valence-electron chi connectivity index (χ0n) is 14.1. The molecule has 136 valence electrons. The minimum absolute atomic E-state index is 0.0578. The Morgan fingerprint density at radius 3 is 2.92 bits per heavy atom. The van der Waals surface area contributed by atoms with E-state index >= 15 is 0 Å². The fraction of sp³-hybridized carbons (Fsp3) is 0.688. The molecule has 0 amide bonds. The van der Waals surface area contributed by atoms with Crippen LogP contribution in [0.4, 0.5) is 5.95 Å². The lowest BCUT2D eigenvalue weighted by atomic mass is 10.1. The predicted molar refractivity (Wildman–Crippen MR) is 89.8 cm³/mol. The monoisotopic (exact) mass is 349 g/mol. The van der Waals surface area contributed by atoms with Gasteiger partial charge >= 0.3 is 5.69 Å². The van der Waals surface area contributed by atoms with Crippen LogP contribution in [0.25, 0.3) is 11.2 Å². The molecule has 2 aromatic heterocycles. The van der Waals surface area contributed by atoms with E-state index in [-0.39, 0.29) is 18.1 Å². The van der Waals surface area contributed by atoms with Crippen molar-refractivity contribution in [1.82, 2.24) is 19.1 Å². The molecular formula is C16H23N5O4. The van der Waals surface area contributed by atoms with Crippen LogP contribution >= 0.6 is 0 Å². The van der Waals surface area contributed by atoms with Crippen LogP contribution in [0.3, 0.4) is 0 Å². The summed E-state index contributed by atoms with van der Waals surface area (Å²) in [5.74, 6) is 0.542. The third kappa shape index (κ3) is 2.82. The molecule has 0 aromatic carbocycles. The number of nitrogen functional groups attached to an aromatic ring is 1. The van der Waals surface area contributed by atoms with Crippen LogP contribution < -0.4 is 11.4 Å². The van der Waals surface area contributed by atoms with E-state index < -0.39 is 24.5 Å². The van der Waals surface area contributed by atoms with Crippen molar-refractivity contribution in [3.8, 4) is 0 Å². The number of fused-ring (bicyclic) bond motifs is 1. The van der Waals surface area contributed by atoms with E-state index in [1.807, 2.05) is 6.92 Å². The minimum Gasteiger partial charge on any atom is -0.390 e. The molecule has 0 spiro atoms. The normalized spacial score (nSPS) is 27.9. The largest absolute Gasteiger partial charge is 0.390 e. The summed E-state index contributed by atoms with van der Waals surface area (Å²) in [5.41, 5.74) is 6.35. The van der Waals surface area contributed by atoms with Gasteiger partial charge in [0.1, 0.15) is 11.6 Å². The van der Waals surface area contributed by atoms with Crippen LogP contribution in [0.15, 0.2) is 11.0 Å². The molecule has 0 bridgehead atoms. The van der Waals surface area contributed by atoms with Crippen LogP contribution in [-0.2, 0) is 11.3 Å². The van der Waals surface area contributed by atoms with E-state index in [9.17, 15) is 15.0 Å². The Kier molecular flexibility index (Phi) is 4.01. The first-order chi connectivity index (χ1) is 12.0. The van der Waals surface area contributed by atoms with Crippen LogP contribution in [0.1, 0.15) is 38.8 Å². The summed E-state index contributed by atoms with van der Waals surface area (Å²) < 4.78 is 8.80. The zero-order valence-corrected chi connectivity index (χ0v) is 14.1.